The molecule has 0 radical (unpaired) electrons. The van der Waals surface area contributed by atoms with E-state index in [1.807, 2.05) is 60.7 Å². The summed E-state index contributed by atoms with van der Waals surface area (Å²) < 4.78 is 16.5. The molecule has 35 heavy (non-hydrogen) atoms. The van der Waals surface area contributed by atoms with E-state index in [4.69, 9.17) is 14.2 Å². The van der Waals surface area contributed by atoms with Crippen LogP contribution in [0.3, 0.4) is 0 Å². The van der Waals surface area contributed by atoms with Crippen molar-refractivity contribution in [2.75, 3.05) is 18.8 Å². The molecule has 0 spiro atoms. The normalized spacial score (nSPS) is 21.2. The van der Waals surface area contributed by atoms with Crippen molar-refractivity contribution in [3.05, 3.63) is 95.2 Å². The van der Waals surface area contributed by atoms with Gasteiger partial charge in [-0.25, -0.2) is 0 Å². The highest BCUT2D eigenvalue weighted by Gasteiger charge is 2.42. The average Bonchev–Trinajstić information content (AvgIpc) is 3.36. The Kier molecular flexibility index (Phi) is 5.29. The molecule has 0 bridgehead atoms. The molecule has 0 fully saturated rings. The second-order valence-corrected chi connectivity index (χ2v) is 9.10. The van der Waals surface area contributed by atoms with E-state index in [0.29, 0.717) is 35.8 Å². The van der Waals surface area contributed by atoms with Gasteiger partial charge in [0.2, 0.25) is 12.7 Å². The molecule has 2 unspecified atom stereocenters. The fourth-order valence-corrected chi connectivity index (χ4v) is 5.46. The van der Waals surface area contributed by atoms with Crippen LogP contribution in [0.15, 0.2) is 84.1 Å². The van der Waals surface area contributed by atoms with Crippen molar-refractivity contribution in [2.24, 2.45) is 0 Å². The standard InChI is InChI=1S/C29H25NO5/c1-33-22-9-5-8-21(15-22)30-24-12-20(18-6-3-2-4-7-18)13-25(31)29(24)23(16-28(30)32)19-10-11-26-27(14-19)35-17-34-26/h2-11,14-15,20,23H,12-13,16-17H2,1H3. The van der Waals surface area contributed by atoms with Crippen LogP contribution in [0.25, 0.3) is 0 Å². The molecular formula is C29H25NO5. The number of nitrogens with zero attached hydrogens (tertiary/aromatic N) is 1. The number of benzene rings is 3. The lowest BCUT2D eigenvalue weighted by atomic mass is 9.72. The zero-order valence-corrected chi connectivity index (χ0v) is 19.4. The quantitative estimate of drug-likeness (QED) is 0.518. The van der Waals surface area contributed by atoms with Gasteiger partial charge in [0.25, 0.3) is 0 Å². The minimum Gasteiger partial charge on any atom is -0.497 e. The molecule has 6 rings (SSSR count). The van der Waals surface area contributed by atoms with Crippen molar-refractivity contribution in [1.29, 1.82) is 0 Å². The van der Waals surface area contributed by atoms with Crippen molar-refractivity contribution in [2.45, 2.75) is 31.1 Å². The number of carbonyl (C=O) groups excluding carboxylic acids is 2. The van der Waals surface area contributed by atoms with E-state index in [-0.39, 0.29) is 36.7 Å². The number of allylic oxidation sites excluding steroid dienone is 2. The summed E-state index contributed by atoms with van der Waals surface area (Å²) in [6, 6.07) is 23.2. The lowest BCUT2D eigenvalue weighted by molar-refractivity contribution is -0.120. The minimum absolute atomic E-state index is 0.0128. The molecule has 3 aromatic carbocycles. The Balaban J connectivity index is 1.49. The van der Waals surface area contributed by atoms with Gasteiger partial charge in [0.05, 0.1) is 12.8 Å². The van der Waals surface area contributed by atoms with Crippen LogP contribution in [0.4, 0.5) is 5.69 Å². The maximum absolute atomic E-state index is 13.8. The Labute approximate surface area is 203 Å². The predicted molar refractivity (Wildman–Crippen MR) is 131 cm³/mol. The van der Waals surface area contributed by atoms with E-state index in [2.05, 4.69) is 12.1 Å². The van der Waals surface area contributed by atoms with E-state index in [9.17, 15) is 9.59 Å². The molecule has 0 saturated carbocycles. The van der Waals surface area contributed by atoms with Gasteiger partial charge in [0.1, 0.15) is 5.75 Å². The highest BCUT2D eigenvalue weighted by atomic mass is 16.7. The number of carbonyl (C=O) groups is 2. The highest BCUT2D eigenvalue weighted by molar-refractivity contribution is 6.08. The lowest BCUT2D eigenvalue weighted by Gasteiger charge is -2.40. The second kappa shape index (κ2) is 8.62. The van der Waals surface area contributed by atoms with Crippen molar-refractivity contribution in [1.82, 2.24) is 0 Å². The molecule has 0 saturated heterocycles. The van der Waals surface area contributed by atoms with E-state index in [1.54, 1.807) is 12.0 Å². The van der Waals surface area contributed by atoms with Crippen LogP contribution >= 0.6 is 0 Å². The summed E-state index contributed by atoms with van der Waals surface area (Å²) in [7, 11) is 1.60. The van der Waals surface area contributed by atoms with Gasteiger partial charge in [-0.05, 0) is 47.7 Å². The van der Waals surface area contributed by atoms with Crippen LogP contribution < -0.4 is 19.1 Å². The van der Waals surface area contributed by atoms with Gasteiger partial charge in [0, 0.05) is 36.1 Å². The summed E-state index contributed by atoms with van der Waals surface area (Å²) in [4.78, 5) is 29.2. The maximum atomic E-state index is 13.8. The summed E-state index contributed by atoms with van der Waals surface area (Å²) >= 11 is 0. The third-order valence-electron chi connectivity index (χ3n) is 7.11. The van der Waals surface area contributed by atoms with Gasteiger partial charge in [0.15, 0.2) is 17.3 Å². The topological polar surface area (TPSA) is 65.1 Å². The first-order valence-corrected chi connectivity index (χ1v) is 11.8. The molecule has 0 N–H and O–H groups in total. The van der Waals surface area contributed by atoms with Crippen LogP contribution in [-0.4, -0.2) is 25.6 Å². The van der Waals surface area contributed by atoms with Crippen molar-refractivity contribution in [3.63, 3.8) is 0 Å². The molecular weight excluding hydrogens is 442 g/mol. The number of Topliss-reactive ketones (excluding diaryl/α,β-unsaturated/α-hetero) is 1. The number of hydrogen-bond donors (Lipinski definition) is 0. The predicted octanol–water partition coefficient (Wildman–Crippen LogP) is 5.35. The maximum Gasteiger partial charge on any atom is 0.232 e. The molecule has 3 aliphatic rings. The summed E-state index contributed by atoms with van der Waals surface area (Å²) in [5, 5.41) is 0. The number of anilines is 1. The monoisotopic (exact) mass is 467 g/mol. The number of rotatable bonds is 4. The first-order chi connectivity index (χ1) is 17.1. The fraction of sp³-hybridized carbons (Fsp3) is 0.241. The first-order valence-electron chi connectivity index (χ1n) is 11.8. The van der Waals surface area contributed by atoms with Gasteiger partial charge in [-0.2, -0.15) is 0 Å². The number of ether oxygens (including phenoxy) is 3. The van der Waals surface area contributed by atoms with E-state index < -0.39 is 0 Å². The van der Waals surface area contributed by atoms with E-state index in [1.165, 1.54) is 0 Å². The van der Waals surface area contributed by atoms with Gasteiger partial charge < -0.3 is 14.2 Å². The number of fused-ring (bicyclic) bond motifs is 1. The highest BCUT2D eigenvalue weighted by Crippen LogP contribution is 2.48. The molecule has 6 heteroatoms. The van der Waals surface area contributed by atoms with Crippen LogP contribution in [0.2, 0.25) is 0 Å². The van der Waals surface area contributed by atoms with Gasteiger partial charge in [-0.15, -0.1) is 0 Å². The molecule has 0 aromatic heterocycles. The summed E-state index contributed by atoms with van der Waals surface area (Å²) in [5.74, 6) is 1.73. The van der Waals surface area contributed by atoms with Gasteiger partial charge in [-0.1, -0.05) is 42.5 Å². The van der Waals surface area contributed by atoms with Crippen molar-refractivity contribution >= 4 is 17.4 Å². The zero-order chi connectivity index (χ0) is 23.9. The third kappa shape index (κ3) is 3.75. The smallest absolute Gasteiger partial charge is 0.232 e. The average molecular weight is 468 g/mol. The molecule has 2 aliphatic heterocycles. The lowest BCUT2D eigenvalue weighted by Crippen LogP contribution is -2.41. The number of amides is 1. The van der Waals surface area contributed by atoms with Crippen LogP contribution in [0, 0.1) is 0 Å². The Morgan fingerprint density at radius 3 is 2.49 bits per heavy atom. The first kappa shape index (κ1) is 21.5. The molecule has 1 aliphatic carbocycles. The number of hydrogen-bond acceptors (Lipinski definition) is 5. The Morgan fingerprint density at radius 1 is 0.829 bits per heavy atom. The summed E-state index contributed by atoms with van der Waals surface area (Å²) in [5.41, 5.74) is 4.22. The zero-order valence-electron chi connectivity index (χ0n) is 19.4. The molecule has 6 nitrogen and oxygen atoms in total. The molecule has 3 aromatic rings. The van der Waals surface area contributed by atoms with Gasteiger partial charge in [-0.3, -0.25) is 14.5 Å². The number of ketones is 1. The largest absolute Gasteiger partial charge is 0.497 e. The van der Waals surface area contributed by atoms with Crippen LogP contribution in [0.1, 0.15) is 42.2 Å². The van der Waals surface area contributed by atoms with Crippen LogP contribution in [0.5, 0.6) is 17.2 Å². The molecule has 2 heterocycles. The van der Waals surface area contributed by atoms with Crippen molar-refractivity contribution < 1.29 is 23.8 Å². The summed E-state index contributed by atoms with van der Waals surface area (Å²) in [6.45, 7) is 0.178. The third-order valence-corrected chi connectivity index (χ3v) is 7.11. The molecule has 176 valence electrons. The van der Waals surface area contributed by atoms with E-state index >= 15 is 0 Å². The van der Waals surface area contributed by atoms with Gasteiger partial charge >= 0.3 is 0 Å². The summed E-state index contributed by atoms with van der Waals surface area (Å²) in [6.07, 6.45) is 1.23. The second-order valence-electron chi connectivity index (χ2n) is 9.10. The fourth-order valence-electron chi connectivity index (χ4n) is 5.46. The molecule has 1 amide bonds. The minimum atomic E-state index is -0.321. The van der Waals surface area contributed by atoms with Crippen molar-refractivity contribution in [3.8, 4) is 17.2 Å². The van der Waals surface area contributed by atoms with E-state index in [0.717, 1.165) is 22.4 Å². The van der Waals surface area contributed by atoms with Crippen LogP contribution in [-0.2, 0) is 9.59 Å². The Hall–Kier alpha value is -4.06. The number of methoxy groups -OCH3 is 1. The molecule has 2 atom stereocenters. The Bertz CT molecular complexity index is 1350. The Morgan fingerprint density at radius 2 is 1.66 bits per heavy atom. The SMILES string of the molecule is COc1cccc(N2C(=O)CC(c3ccc4c(c3)OCO4)C3=C2CC(c2ccccc2)CC3=O)c1.